The first-order chi connectivity index (χ1) is 8.60. The van der Waals surface area contributed by atoms with Gasteiger partial charge in [0.15, 0.2) is 0 Å². The molecule has 1 saturated heterocycles. The van der Waals surface area contributed by atoms with Gasteiger partial charge in [-0.3, -0.25) is 0 Å². The molecule has 1 aliphatic rings. The summed E-state index contributed by atoms with van der Waals surface area (Å²) in [6.07, 6.45) is 2.41. The summed E-state index contributed by atoms with van der Waals surface area (Å²) in [5, 5.41) is 0. The number of methoxy groups -OCH3 is 1. The highest BCUT2D eigenvalue weighted by atomic mass is 32.1. The predicted molar refractivity (Wildman–Crippen MR) is 74.9 cm³/mol. The van der Waals surface area contributed by atoms with Gasteiger partial charge in [0.2, 0.25) is 5.95 Å². The van der Waals surface area contributed by atoms with Crippen LogP contribution in [0.1, 0.15) is 24.2 Å². The van der Waals surface area contributed by atoms with E-state index < -0.39 is 0 Å². The average Bonchev–Trinajstić information content (AvgIpc) is 2.38. The normalized spacial score (nSPS) is 19.9. The van der Waals surface area contributed by atoms with Crippen molar-refractivity contribution in [1.29, 1.82) is 0 Å². The lowest BCUT2D eigenvalue weighted by Crippen LogP contribution is -2.40. The molecule has 0 radical (unpaired) electrons. The Kier molecular flexibility index (Phi) is 4.08. The van der Waals surface area contributed by atoms with Gasteiger partial charge in [0.25, 0.3) is 0 Å². The van der Waals surface area contributed by atoms with E-state index in [4.69, 9.17) is 22.7 Å². The van der Waals surface area contributed by atoms with Crippen LogP contribution in [0.4, 0.5) is 5.95 Å². The summed E-state index contributed by atoms with van der Waals surface area (Å²) in [6, 6.07) is 1.81. The van der Waals surface area contributed by atoms with Crippen LogP contribution in [0.2, 0.25) is 0 Å². The molecule has 2 rings (SSSR count). The van der Waals surface area contributed by atoms with Crippen LogP contribution < -0.4 is 10.6 Å². The molecule has 1 aromatic heterocycles. The molecule has 1 aromatic rings. The van der Waals surface area contributed by atoms with E-state index in [2.05, 4.69) is 14.9 Å². The van der Waals surface area contributed by atoms with Crippen molar-refractivity contribution in [3.63, 3.8) is 0 Å². The van der Waals surface area contributed by atoms with Crippen molar-refractivity contribution < 1.29 is 4.74 Å². The fourth-order valence-corrected chi connectivity index (χ4v) is 2.24. The molecule has 0 bridgehead atoms. The molecule has 0 saturated carbocycles. The number of thiocarbonyl (C=S) groups is 1. The van der Waals surface area contributed by atoms with Gasteiger partial charge >= 0.3 is 0 Å². The van der Waals surface area contributed by atoms with Gasteiger partial charge in [-0.2, -0.15) is 0 Å². The lowest BCUT2D eigenvalue weighted by Gasteiger charge is -2.32. The zero-order valence-electron chi connectivity index (χ0n) is 10.7. The fraction of sp³-hybridized carbons (Fsp3) is 0.583. The van der Waals surface area contributed by atoms with Gasteiger partial charge in [0.1, 0.15) is 10.7 Å². The van der Waals surface area contributed by atoms with E-state index >= 15 is 0 Å². The van der Waals surface area contributed by atoms with Gasteiger partial charge in [0.05, 0.1) is 6.10 Å². The third-order valence-electron chi connectivity index (χ3n) is 3.09. The molecule has 1 aliphatic heterocycles. The molecule has 0 spiro atoms. The first-order valence-corrected chi connectivity index (χ1v) is 6.44. The molecule has 1 atom stereocenters. The van der Waals surface area contributed by atoms with Gasteiger partial charge in [0, 0.05) is 25.9 Å². The number of nitrogens with two attached hydrogens (primary N) is 1. The molecule has 1 unspecified atom stereocenters. The van der Waals surface area contributed by atoms with E-state index in [1.54, 1.807) is 7.11 Å². The van der Waals surface area contributed by atoms with Crippen molar-refractivity contribution in [3.05, 3.63) is 17.5 Å². The second kappa shape index (κ2) is 5.58. The molecule has 2 N–H and O–H groups in total. The minimum absolute atomic E-state index is 0.246. The van der Waals surface area contributed by atoms with Crippen molar-refractivity contribution in [2.45, 2.75) is 25.9 Å². The topological polar surface area (TPSA) is 64.3 Å². The zero-order valence-corrected chi connectivity index (χ0v) is 11.5. The maximum absolute atomic E-state index is 5.63. The molecule has 5 nitrogen and oxygen atoms in total. The summed E-state index contributed by atoms with van der Waals surface area (Å²) in [6.45, 7) is 3.68. The first kappa shape index (κ1) is 13.2. The van der Waals surface area contributed by atoms with E-state index in [9.17, 15) is 0 Å². The molecule has 1 fully saturated rings. The van der Waals surface area contributed by atoms with Crippen LogP contribution in [0.25, 0.3) is 0 Å². The van der Waals surface area contributed by atoms with Crippen LogP contribution >= 0.6 is 12.2 Å². The smallest absolute Gasteiger partial charge is 0.226 e. The number of rotatable bonds is 3. The Balaban J connectivity index is 2.24. The Morgan fingerprint density at radius 1 is 1.56 bits per heavy atom. The maximum Gasteiger partial charge on any atom is 0.226 e. The summed E-state index contributed by atoms with van der Waals surface area (Å²) in [7, 11) is 1.74. The number of anilines is 1. The minimum atomic E-state index is 0.246. The van der Waals surface area contributed by atoms with E-state index in [1.807, 2.05) is 13.0 Å². The Bertz CT molecular complexity index is 452. The molecule has 0 amide bonds. The summed E-state index contributed by atoms with van der Waals surface area (Å²) >= 11 is 4.97. The standard InChI is InChI=1S/C12H18N4OS/c1-8-6-10(11(13)18)15-12(14-8)16-5-3-4-9(7-16)17-2/h6,9H,3-5,7H2,1-2H3,(H2,13,18). The van der Waals surface area contributed by atoms with Crippen molar-refractivity contribution in [2.24, 2.45) is 5.73 Å². The SMILES string of the molecule is COC1CCCN(c2nc(C)cc(C(N)=S)n2)C1. The largest absolute Gasteiger partial charge is 0.388 e. The van der Waals surface area contributed by atoms with Crippen LogP contribution in [-0.4, -0.2) is 41.3 Å². The fourth-order valence-electron chi connectivity index (χ4n) is 2.13. The Hall–Kier alpha value is -1.27. The van der Waals surface area contributed by atoms with E-state index in [-0.39, 0.29) is 6.10 Å². The molecular formula is C12H18N4OS. The second-order valence-corrected chi connectivity index (χ2v) is 4.94. The van der Waals surface area contributed by atoms with Crippen LogP contribution in [0.3, 0.4) is 0 Å². The third-order valence-corrected chi connectivity index (χ3v) is 3.30. The molecule has 0 aliphatic carbocycles. The predicted octanol–water partition coefficient (Wildman–Crippen LogP) is 1.03. The summed E-state index contributed by atoms with van der Waals surface area (Å²) in [4.78, 5) is 11.3. The van der Waals surface area contributed by atoms with E-state index in [0.29, 0.717) is 16.6 Å². The van der Waals surface area contributed by atoms with Gasteiger partial charge in [-0.25, -0.2) is 9.97 Å². The number of nitrogens with zero attached hydrogens (tertiary/aromatic N) is 3. The van der Waals surface area contributed by atoms with Crippen molar-refractivity contribution in [2.75, 3.05) is 25.1 Å². The molecule has 0 aromatic carbocycles. The Morgan fingerprint density at radius 2 is 2.33 bits per heavy atom. The van der Waals surface area contributed by atoms with Crippen molar-refractivity contribution >= 4 is 23.2 Å². The third kappa shape index (κ3) is 2.94. The second-order valence-electron chi connectivity index (χ2n) is 4.50. The quantitative estimate of drug-likeness (QED) is 0.825. The highest BCUT2D eigenvalue weighted by Gasteiger charge is 2.22. The monoisotopic (exact) mass is 266 g/mol. The highest BCUT2D eigenvalue weighted by Crippen LogP contribution is 2.18. The van der Waals surface area contributed by atoms with E-state index in [1.165, 1.54) is 0 Å². The molecule has 2 heterocycles. The Labute approximate surface area is 112 Å². The van der Waals surface area contributed by atoms with Crippen LogP contribution in [0.5, 0.6) is 0 Å². The molecule has 18 heavy (non-hydrogen) atoms. The lowest BCUT2D eigenvalue weighted by molar-refractivity contribution is 0.0889. The number of ether oxygens (including phenoxy) is 1. The van der Waals surface area contributed by atoms with Crippen molar-refractivity contribution in [1.82, 2.24) is 9.97 Å². The van der Waals surface area contributed by atoms with Crippen LogP contribution in [-0.2, 0) is 4.74 Å². The first-order valence-electron chi connectivity index (χ1n) is 6.03. The average molecular weight is 266 g/mol. The molecule has 6 heteroatoms. The van der Waals surface area contributed by atoms with Gasteiger partial charge in [-0.05, 0) is 25.8 Å². The lowest BCUT2D eigenvalue weighted by atomic mass is 10.1. The zero-order chi connectivity index (χ0) is 13.1. The summed E-state index contributed by atoms with van der Waals surface area (Å²) in [5.74, 6) is 0.694. The Morgan fingerprint density at radius 3 is 3.00 bits per heavy atom. The van der Waals surface area contributed by atoms with Crippen molar-refractivity contribution in [3.8, 4) is 0 Å². The van der Waals surface area contributed by atoms with Crippen LogP contribution in [0.15, 0.2) is 6.07 Å². The number of hydrogen-bond donors (Lipinski definition) is 1. The summed E-state index contributed by atoms with van der Waals surface area (Å²) in [5.41, 5.74) is 7.14. The number of hydrogen-bond acceptors (Lipinski definition) is 5. The number of aromatic nitrogens is 2. The number of piperidine rings is 1. The highest BCUT2D eigenvalue weighted by molar-refractivity contribution is 7.80. The van der Waals surface area contributed by atoms with Gasteiger partial charge in [-0.1, -0.05) is 12.2 Å². The minimum Gasteiger partial charge on any atom is -0.388 e. The number of aryl methyl sites for hydroxylation is 1. The van der Waals surface area contributed by atoms with Gasteiger partial charge < -0.3 is 15.4 Å². The summed E-state index contributed by atoms with van der Waals surface area (Å²) < 4.78 is 5.40. The van der Waals surface area contributed by atoms with Gasteiger partial charge in [-0.15, -0.1) is 0 Å². The molecule has 98 valence electrons. The van der Waals surface area contributed by atoms with Crippen LogP contribution in [0, 0.1) is 6.92 Å². The van der Waals surface area contributed by atoms with E-state index in [0.717, 1.165) is 31.6 Å². The maximum atomic E-state index is 5.63. The molecular weight excluding hydrogens is 248 g/mol.